The first-order valence-electron chi connectivity index (χ1n) is 7.52. The lowest BCUT2D eigenvalue weighted by Crippen LogP contribution is -2.40. The Bertz CT molecular complexity index is 504. The summed E-state index contributed by atoms with van der Waals surface area (Å²) in [5.74, 6) is 1.60. The van der Waals surface area contributed by atoms with Crippen LogP contribution in [-0.2, 0) is 4.74 Å². The second kappa shape index (κ2) is 8.19. The fourth-order valence-corrected chi connectivity index (χ4v) is 2.78. The van der Waals surface area contributed by atoms with E-state index in [-0.39, 0.29) is 12.1 Å². The molecule has 0 unspecified atom stereocenters. The van der Waals surface area contributed by atoms with Crippen molar-refractivity contribution >= 4 is 17.3 Å². The van der Waals surface area contributed by atoms with Crippen LogP contribution in [0.4, 0.5) is 0 Å². The number of ether oxygens (including phenoxy) is 3. The number of benzene rings is 1. The third kappa shape index (κ3) is 4.48. The van der Waals surface area contributed by atoms with Crippen molar-refractivity contribution in [3.63, 3.8) is 0 Å². The van der Waals surface area contributed by atoms with Gasteiger partial charge in [-0.05, 0) is 50.2 Å². The zero-order valence-electron chi connectivity index (χ0n) is 13.3. The molecule has 6 heteroatoms. The molecule has 1 aromatic carbocycles. The van der Waals surface area contributed by atoms with E-state index in [1.165, 1.54) is 0 Å². The Labute approximate surface area is 137 Å². The molecule has 0 saturated carbocycles. The van der Waals surface area contributed by atoms with Crippen molar-refractivity contribution in [2.24, 2.45) is 0 Å². The van der Waals surface area contributed by atoms with E-state index >= 15 is 0 Å². The molecule has 0 spiro atoms. The van der Waals surface area contributed by atoms with Crippen molar-refractivity contribution in [1.29, 1.82) is 0 Å². The standard InChI is InChI=1S/C16H24N2O3S/c1-11(14-9-12(19-2)6-7-15(14)20-3)18-16(22)17-10-13-5-4-8-21-13/h6-7,9,11,13H,4-5,8,10H2,1-3H3,(H2,17,18,22)/t11-,13+/m0/s1. The Morgan fingerprint density at radius 2 is 2.23 bits per heavy atom. The lowest BCUT2D eigenvalue weighted by atomic mass is 10.1. The number of hydrogen-bond donors (Lipinski definition) is 2. The van der Waals surface area contributed by atoms with E-state index in [1.807, 2.05) is 25.1 Å². The number of thiocarbonyl (C=S) groups is 1. The van der Waals surface area contributed by atoms with Crippen LogP contribution >= 0.6 is 12.2 Å². The average molecular weight is 324 g/mol. The summed E-state index contributed by atoms with van der Waals surface area (Å²) in [5, 5.41) is 7.11. The van der Waals surface area contributed by atoms with E-state index in [1.54, 1.807) is 14.2 Å². The number of nitrogens with one attached hydrogen (secondary N) is 2. The minimum absolute atomic E-state index is 0.00884. The average Bonchev–Trinajstić information content (AvgIpc) is 3.05. The van der Waals surface area contributed by atoms with Crippen LogP contribution in [0.15, 0.2) is 18.2 Å². The van der Waals surface area contributed by atoms with E-state index in [2.05, 4.69) is 10.6 Å². The molecule has 1 fully saturated rings. The van der Waals surface area contributed by atoms with E-state index in [0.717, 1.165) is 43.1 Å². The highest BCUT2D eigenvalue weighted by atomic mass is 32.1. The minimum atomic E-state index is 0.00884. The van der Waals surface area contributed by atoms with Crippen LogP contribution in [0, 0.1) is 0 Å². The van der Waals surface area contributed by atoms with Crippen LogP contribution in [0.5, 0.6) is 11.5 Å². The van der Waals surface area contributed by atoms with Crippen molar-refractivity contribution in [1.82, 2.24) is 10.6 Å². The monoisotopic (exact) mass is 324 g/mol. The van der Waals surface area contributed by atoms with Gasteiger partial charge in [-0.2, -0.15) is 0 Å². The summed E-state index contributed by atoms with van der Waals surface area (Å²) in [6.07, 6.45) is 2.49. The Hall–Kier alpha value is -1.53. The van der Waals surface area contributed by atoms with E-state index < -0.39 is 0 Å². The van der Waals surface area contributed by atoms with Gasteiger partial charge in [0, 0.05) is 18.7 Å². The molecular weight excluding hydrogens is 300 g/mol. The van der Waals surface area contributed by atoms with Crippen molar-refractivity contribution in [3.05, 3.63) is 23.8 Å². The van der Waals surface area contributed by atoms with Crippen molar-refractivity contribution in [2.75, 3.05) is 27.4 Å². The van der Waals surface area contributed by atoms with Gasteiger partial charge in [0.1, 0.15) is 11.5 Å². The highest BCUT2D eigenvalue weighted by Gasteiger charge is 2.17. The van der Waals surface area contributed by atoms with Crippen LogP contribution in [0.25, 0.3) is 0 Å². The Balaban J connectivity index is 1.92. The first kappa shape index (κ1) is 16.8. The molecule has 1 heterocycles. The predicted molar refractivity (Wildman–Crippen MR) is 90.7 cm³/mol. The fraction of sp³-hybridized carbons (Fsp3) is 0.562. The van der Waals surface area contributed by atoms with Gasteiger partial charge in [-0.3, -0.25) is 0 Å². The molecule has 22 heavy (non-hydrogen) atoms. The van der Waals surface area contributed by atoms with Crippen LogP contribution in [-0.4, -0.2) is 38.6 Å². The molecule has 5 nitrogen and oxygen atoms in total. The van der Waals surface area contributed by atoms with E-state index in [9.17, 15) is 0 Å². The molecule has 2 atom stereocenters. The van der Waals surface area contributed by atoms with Gasteiger partial charge >= 0.3 is 0 Å². The molecule has 2 N–H and O–H groups in total. The van der Waals surface area contributed by atoms with E-state index in [4.69, 9.17) is 26.4 Å². The third-order valence-electron chi connectivity index (χ3n) is 3.77. The summed E-state index contributed by atoms with van der Waals surface area (Å²) in [6, 6.07) is 5.74. The molecule has 0 radical (unpaired) electrons. The zero-order valence-corrected chi connectivity index (χ0v) is 14.2. The normalized spacial score (nSPS) is 18.6. The largest absolute Gasteiger partial charge is 0.497 e. The third-order valence-corrected chi connectivity index (χ3v) is 4.03. The molecule has 0 aromatic heterocycles. The number of hydrogen-bond acceptors (Lipinski definition) is 4. The molecule has 122 valence electrons. The highest BCUT2D eigenvalue weighted by Crippen LogP contribution is 2.29. The molecule has 0 amide bonds. The molecule has 1 aliphatic rings. The molecule has 0 bridgehead atoms. The van der Waals surface area contributed by atoms with Gasteiger partial charge in [0.25, 0.3) is 0 Å². The Morgan fingerprint density at radius 1 is 1.41 bits per heavy atom. The fourth-order valence-electron chi connectivity index (χ4n) is 2.52. The summed E-state index contributed by atoms with van der Waals surface area (Å²) in [7, 11) is 3.31. The van der Waals surface area contributed by atoms with Gasteiger partial charge in [-0.1, -0.05) is 0 Å². The van der Waals surface area contributed by atoms with Gasteiger partial charge in [-0.15, -0.1) is 0 Å². The summed E-state index contributed by atoms with van der Waals surface area (Å²) in [5.41, 5.74) is 1.00. The summed E-state index contributed by atoms with van der Waals surface area (Å²) >= 11 is 5.36. The van der Waals surface area contributed by atoms with Gasteiger partial charge in [0.2, 0.25) is 0 Å². The quantitative estimate of drug-likeness (QED) is 0.784. The van der Waals surface area contributed by atoms with Crippen LogP contribution in [0.2, 0.25) is 0 Å². The summed E-state index contributed by atoms with van der Waals surface area (Å²) < 4.78 is 16.3. The first-order valence-corrected chi connectivity index (χ1v) is 7.92. The van der Waals surface area contributed by atoms with Gasteiger partial charge in [0.15, 0.2) is 5.11 Å². The van der Waals surface area contributed by atoms with Crippen molar-refractivity contribution in [3.8, 4) is 11.5 Å². The second-order valence-corrected chi connectivity index (χ2v) is 5.73. The number of rotatable bonds is 6. The van der Waals surface area contributed by atoms with E-state index in [0.29, 0.717) is 5.11 Å². The lowest BCUT2D eigenvalue weighted by molar-refractivity contribution is 0.114. The topological polar surface area (TPSA) is 51.8 Å². The van der Waals surface area contributed by atoms with Gasteiger partial charge < -0.3 is 24.8 Å². The maximum absolute atomic E-state index is 5.57. The van der Waals surface area contributed by atoms with Crippen LogP contribution in [0.1, 0.15) is 31.4 Å². The molecule has 1 aromatic rings. The summed E-state index contributed by atoms with van der Waals surface area (Å²) in [4.78, 5) is 0. The Kier molecular flexibility index (Phi) is 6.27. The maximum atomic E-state index is 5.57. The molecule has 0 aliphatic carbocycles. The van der Waals surface area contributed by atoms with Crippen LogP contribution in [0.3, 0.4) is 0 Å². The predicted octanol–water partition coefficient (Wildman–Crippen LogP) is 2.41. The van der Waals surface area contributed by atoms with Crippen molar-refractivity contribution < 1.29 is 14.2 Å². The van der Waals surface area contributed by atoms with Crippen molar-refractivity contribution in [2.45, 2.75) is 31.9 Å². The lowest BCUT2D eigenvalue weighted by Gasteiger charge is -2.21. The second-order valence-electron chi connectivity index (χ2n) is 5.32. The zero-order chi connectivity index (χ0) is 15.9. The molecular formula is C16H24N2O3S. The van der Waals surface area contributed by atoms with Gasteiger partial charge in [0.05, 0.1) is 26.4 Å². The summed E-state index contributed by atoms with van der Waals surface area (Å²) in [6.45, 7) is 3.63. The maximum Gasteiger partial charge on any atom is 0.166 e. The first-order chi connectivity index (χ1) is 10.6. The molecule has 1 saturated heterocycles. The Morgan fingerprint density at radius 3 is 2.86 bits per heavy atom. The minimum Gasteiger partial charge on any atom is -0.497 e. The highest BCUT2D eigenvalue weighted by molar-refractivity contribution is 7.80. The van der Waals surface area contributed by atoms with Crippen LogP contribution < -0.4 is 20.1 Å². The number of methoxy groups -OCH3 is 2. The van der Waals surface area contributed by atoms with Gasteiger partial charge in [-0.25, -0.2) is 0 Å². The smallest absolute Gasteiger partial charge is 0.166 e. The molecule has 1 aliphatic heterocycles. The SMILES string of the molecule is COc1ccc(OC)c([C@H](C)NC(=S)NC[C@H]2CCCO2)c1. The molecule has 2 rings (SSSR count).